The van der Waals surface area contributed by atoms with Crippen molar-refractivity contribution in [2.75, 3.05) is 5.75 Å². The predicted octanol–water partition coefficient (Wildman–Crippen LogP) is 3.25. The molecule has 154 valence electrons. The van der Waals surface area contributed by atoms with Gasteiger partial charge in [-0.3, -0.25) is 9.79 Å². The largest absolute Gasteiger partial charge is 0.481 e. The Labute approximate surface area is 171 Å². The lowest BCUT2D eigenvalue weighted by molar-refractivity contribution is -0.137. The lowest BCUT2D eigenvalue weighted by atomic mass is 9.82. The molecule has 3 N–H and O–H groups in total. The summed E-state index contributed by atoms with van der Waals surface area (Å²) in [5, 5.41) is 30.9. The molecule has 1 heterocycles. The lowest BCUT2D eigenvalue weighted by Crippen LogP contribution is -2.27. The van der Waals surface area contributed by atoms with Crippen LogP contribution in [0.15, 0.2) is 17.1 Å². The average molecular weight is 406 g/mol. The monoisotopic (exact) mass is 405 g/mol. The minimum Gasteiger partial charge on any atom is -0.481 e. The first kappa shape index (κ1) is 21.4. The third-order valence-electron chi connectivity index (χ3n) is 6.48. The highest BCUT2D eigenvalue weighted by Crippen LogP contribution is 2.50. The van der Waals surface area contributed by atoms with E-state index in [4.69, 9.17) is 16.5 Å². The van der Waals surface area contributed by atoms with Gasteiger partial charge in [-0.05, 0) is 30.9 Å². The number of thioether (sulfide) groups is 1. The van der Waals surface area contributed by atoms with Crippen LogP contribution in [0.1, 0.15) is 57.8 Å². The Hall–Kier alpha value is -1.29. The molecule has 3 rings (SSSR count). The average Bonchev–Trinajstić information content (AvgIpc) is 3.16. The van der Waals surface area contributed by atoms with Crippen LogP contribution in [0.4, 0.5) is 0 Å². The molecule has 2 aliphatic carbocycles. The number of hydrogen-bond donors (Lipinski definition) is 3. The third-order valence-corrected chi connectivity index (χ3v) is 7.56. The SMILES string of the molecule is C#CC12CC(O)C(C=C[C@@H](O)C3CCCCC3)C1CC(SCCCC(=O)O)=N2. The first-order chi connectivity index (χ1) is 13.4. The summed E-state index contributed by atoms with van der Waals surface area (Å²) in [6.45, 7) is 0. The molecule has 0 aromatic carbocycles. The van der Waals surface area contributed by atoms with Crippen molar-refractivity contribution in [3.05, 3.63) is 12.2 Å². The highest BCUT2D eigenvalue weighted by Gasteiger charge is 2.55. The van der Waals surface area contributed by atoms with E-state index in [2.05, 4.69) is 5.92 Å². The molecule has 1 aliphatic heterocycles. The molecule has 5 atom stereocenters. The maximum atomic E-state index is 10.7. The van der Waals surface area contributed by atoms with Gasteiger partial charge in [0.25, 0.3) is 0 Å². The number of carboxylic acid groups (broad SMARTS) is 1. The first-order valence-corrected chi connectivity index (χ1v) is 11.4. The third kappa shape index (κ3) is 4.82. The minimum atomic E-state index is -0.782. The number of aliphatic carboxylic acids is 1. The molecule has 6 heteroatoms. The van der Waals surface area contributed by atoms with Crippen molar-refractivity contribution in [1.82, 2.24) is 0 Å². The van der Waals surface area contributed by atoms with E-state index in [0.29, 0.717) is 30.9 Å². The number of nitrogens with zero attached hydrogens (tertiary/aromatic N) is 1. The van der Waals surface area contributed by atoms with Crippen molar-refractivity contribution in [2.45, 2.75) is 75.5 Å². The van der Waals surface area contributed by atoms with Crippen LogP contribution < -0.4 is 0 Å². The van der Waals surface area contributed by atoms with Gasteiger partial charge in [-0.1, -0.05) is 37.3 Å². The Morgan fingerprint density at radius 1 is 1.39 bits per heavy atom. The number of aliphatic hydroxyl groups excluding tert-OH is 2. The fourth-order valence-corrected chi connectivity index (χ4v) is 5.97. The molecule has 3 aliphatic rings. The molecule has 0 aromatic rings. The molecule has 0 aromatic heterocycles. The van der Waals surface area contributed by atoms with Gasteiger partial charge < -0.3 is 15.3 Å². The summed E-state index contributed by atoms with van der Waals surface area (Å²) in [7, 11) is 0. The number of rotatable bonds is 7. The Kier molecular flexibility index (Phi) is 7.25. The maximum absolute atomic E-state index is 10.7. The molecular weight excluding hydrogens is 374 g/mol. The molecule has 2 fully saturated rings. The fraction of sp³-hybridized carbons (Fsp3) is 0.727. The van der Waals surface area contributed by atoms with Gasteiger partial charge in [-0.2, -0.15) is 0 Å². The molecule has 0 bridgehead atoms. The van der Waals surface area contributed by atoms with Crippen molar-refractivity contribution in [3.8, 4) is 12.3 Å². The van der Waals surface area contributed by atoms with Gasteiger partial charge in [0.1, 0.15) is 5.54 Å². The van der Waals surface area contributed by atoms with E-state index in [9.17, 15) is 15.0 Å². The number of carbonyl (C=O) groups is 1. The zero-order chi connectivity index (χ0) is 20.1. The summed E-state index contributed by atoms with van der Waals surface area (Å²) in [5.41, 5.74) is -0.667. The van der Waals surface area contributed by atoms with Crippen LogP contribution in [0.5, 0.6) is 0 Å². The maximum Gasteiger partial charge on any atom is 0.303 e. The van der Waals surface area contributed by atoms with E-state index in [-0.39, 0.29) is 18.3 Å². The van der Waals surface area contributed by atoms with E-state index in [1.165, 1.54) is 19.3 Å². The Bertz CT molecular complexity index is 664. The van der Waals surface area contributed by atoms with E-state index >= 15 is 0 Å². The molecule has 0 amide bonds. The summed E-state index contributed by atoms with van der Waals surface area (Å²) < 4.78 is 0. The molecule has 5 nitrogen and oxygen atoms in total. The molecule has 0 radical (unpaired) electrons. The molecule has 2 saturated carbocycles. The Balaban J connectivity index is 1.61. The number of aliphatic hydroxyl groups is 2. The van der Waals surface area contributed by atoms with Gasteiger partial charge in [0.15, 0.2) is 0 Å². The van der Waals surface area contributed by atoms with Crippen molar-refractivity contribution < 1.29 is 20.1 Å². The summed E-state index contributed by atoms with van der Waals surface area (Å²) in [4.78, 5) is 15.4. The number of fused-ring (bicyclic) bond motifs is 1. The highest BCUT2D eigenvalue weighted by atomic mass is 32.2. The van der Waals surface area contributed by atoms with Gasteiger partial charge in [-0.15, -0.1) is 18.2 Å². The lowest BCUT2D eigenvalue weighted by Gasteiger charge is -2.25. The number of aliphatic imine (C=N–C) groups is 1. The highest BCUT2D eigenvalue weighted by molar-refractivity contribution is 8.13. The van der Waals surface area contributed by atoms with Crippen molar-refractivity contribution in [3.63, 3.8) is 0 Å². The Morgan fingerprint density at radius 3 is 2.82 bits per heavy atom. The number of carboxylic acids is 1. The Morgan fingerprint density at radius 2 is 2.14 bits per heavy atom. The van der Waals surface area contributed by atoms with Gasteiger partial charge in [-0.25, -0.2) is 0 Å². The second kappa shape index (κ2) is 9.47. The zero-order valence-corrected chi connectivity index (χ0v) is 17.1. The normalized spacial score (nSPS) is 34.2. The van der Waals surface area contributed by atoms with E-state index < -0.39 is 23.7 Å². The second-order valence-corrected chi connectivity index (χ2v) is 9.52. The van der Waals surface area contributed by atoms with Gasteiger partial charge >= 0.3 is 5.97 Å². The van der Waals surface area contributed by atoms with Gasteiger partial charge in [0, 0.05) is 31.1 Å². The second-order valence-electron chi connectivity index (χ2n) is 8.35. The van der Waals surface area contributed by atoms with Crippen LogP contribution in [0, 0.1) is 30.1 Å². The minimum absolute atomic E-state index is 0.0456. The summed E-state index contributed by atoms with van der Waals surface area (Å²) in [6, 6.07) is 0. The molecule has 4 unspecified atom stereocenters. The zero-order valence-electron chi connectivity index (χ0n) is 16.3. The summed E-state index contributed by atoms with van der Waals surface area (Å²) in [5.74, 6) is 3.03. The van der Waals surface area contributed by atoms with Crippen LogP contribution in [0.25, 0.3) is 0 Å². The predicted molar refractivity (Wildman–Crippen MR) is 112 cm³/mol. The summed E-state index contributed by atoms with van der Waals surface area (Å²) >= 11 is 1.58. The van der Waals surface area contributed by atoms with Crippen LogP contribution in [-0.4, -0.2) is 49.8 Å². The van der Waals surface area contributed by atoms with Crippen LogP contribution in [-0.2, 0) is 4.79 Å². The molecular formula is C22H31NO4S. The van der Waals surface area contributed by atoms with Gasteiger partial charge in [0.05, 0.1) is 17.3 Å². The summed E-state index contributed by atoms with van der Waals surface area (Å²) in [6.07, 6.45) is 16.4. The van der Waals surface area contributed by atoms with Crippen LogP contribution in [0.2, 0.25) is 0 Å². The topological polar surface area (TPSA) is 90.1 Å². The quantitative estimate of drug-likeness (QED) is 0.344. The van der Waals surface area contributed by atoms with E-state index in [1.807, 2.05) is 12.2 Å². The molecule has 28 heavy (non-hydrogen) atoms. The van der Waals surface area contributed by atoms with Crippen molar-refractivity contribution >= 4 is 22.8 Å². The smallest absolute Gasteiger partial charge is 0.303 e. The molecule has 0 spiro atoms. The molecule has 0 saturated heterocycles. The van der Waals surface area contributed by atoms with Crippen LogP contribution in [0.3, 0.4) is 0 Å². The first-order valence-electron chi connectivity index (χ1n) is 10.4. The van der Waals surface area contributed by atoms with E-state index in [0.717, 1.165) is 17.9 Å². The number of terminal acetylenes is 1. The fourth-order valence-electron chi connectivity index (χ4n) is 4.92. The van der Waals surface area contributed by atoms with Crippen molar-refractivity contribution in [2.24, 2.45) is 22.7 Å². The van der Waals surface area contributed by atoms with Gasteiger partial charge in [0.2, 0.25) is 0 Å². The van der Waals surface area contributed by atoms with E-state index in [1.54, 1.807) is 11.8 Å². The number of hydrogen-bond acceptors (Lipinski definition) is 5. The van der Waals surface area contributed by atoms with Crippen LogP contribution >= 0.6 is 11.8 Å². The standard InChI is InChI=1S/C22H31NO4S/c1-2-22-14-19(25)16(10-11-18(24)15-7-4-3-5-8-15)17(22)13-20(23-22)28-12-6-9-21(26)27/h1,10-11,15-19,24-25H,3-9,12-14H2,(H,26,27)/t16?,17?,18-,19?,22?/m1/s1. The van der Waals surface area contributed by atoms with Crippen molar-refractivity contribution in [1.29, 1.82) is 0 Å².